The Hall–Kier alpha value is -1.36. The van der Waals surface area contributed by atoms with Gasteiger partial charge in [0.15, 0.2) is 0 Å². The Morgan fingerprint density at radius 3 is 2.69 bits per heavy atom. The van der Waals surface area contributed by atoms with E-state index in [0.29, 0.717) is 12.5 Å². The average Bonchev–Trinajstić information content (AvgIpc) is 2.61. The second kappa shape index (κ2) is 5.12. The average molecular weight is 225 g/mol. The van der Waals surface area contributed by atoms with Crippen LogP contribution in [0.25, 0.3) is 0 Å². The van der Waals surface area contributed by atoms with Crippen molar-refractivity contribution in [2.45, 2.75) is 45.3 Å². The smallest absolute Gasteiger partial charge is 0.293 e. The number of fused-ring (bicyclic) bond motifs is 1. The summed E-state index contributed by atoms with van der Waals surface area (Å²) in [5, 5.41) is 6.82. The van der Waals surface area contributed by atoms with Crippen LogP contribution in [-0.4, -0.2) is 28.3 Å². The van der Waals surface area contributed by atoms with E-state index in [1.54, 1.807) is 0 Å². The number of nitrogens with one attached hydrogen (secondary N) is 1. The highest BCUT2D eigenvalue weighted by atomic mass is 16.5. The number of carbonyl (C=O) groups excluding carboxylic acids is 1. The minimum absolute atomic E-state index is 0.318. The van der Waals surface area contributed by atoms with E-state index in [1.807, 2.05) is 27.0 Å². The third-order valence-corrected chi connectivity index (χ3v) is 2.16. The predicted octanol–water partition coefficient (Wildman–Crippen LogP) is 0.793. The zero-order valence-corrected chi connectivity index (χ0v) is 9.99. The lowest BCUT2D eigenvalue weighted by Gasteiger charge is -2.14. The molecule has 5 heteroatoms. The summed E-state index contributed by atoms with van der Waals surface area (Å²) in [4.78, 5) is 9.60. The lowest BCUT2D eigenvalue weighted by atomic mass is 10.2. The molecule has 1 atom stereocenters. The van der Waals surface area contributed by atoms with Gasteiger partial charge in [-0.05, 0) is 32.8 Å². The molecule has 0 saturated carbocycles. The molecule has 2 rings (SSSR count). The Labute approximate surface area is 95.4 Å². The number of aromatic nitrogens is 2. The summed E-state index contributed by atoms with van der Waals surface area (Å²) in [7, 11) is 0. The fraction of sp³-hybridized carbons (Fsp3) is 0.636. The van der Waals surface area contributed by atoms with Crippen molar-refractivity contribution in [3.05, 3.63) is 17.5 Å². The molecule has 90 valence electrons. The summed E-state index contributed by atoms with van der Waals surface area (Å²) in [5.41, 5.74) is 7.88. The molecule has 0 aliphatic heterocycles. The van der Waals surface area contributed by atoms with Gasteiger partial charge in [0.25, 0.3) is 6.47 Å². The van der Waals surface area contributed by atoms with E-state index < -0.39 is 0 Å². The highest BCUT2D eigenvalue weighted by Crippen LogP contribution is 2.16. The van der Waals surface area contributed by atoms with Gasteiger partial charge in [0, 0.05) is 18.2 Å². The zero-order chi connectivity index (χ0) is 12.2. The minimum Gasteiger partial charge on any atom is -0.462 e. The fourth-order valence-electron chi connectivity index (χ4n) is 1.45. The quantitative estimate of drug-likeness (QED) is 0.692. The monoisotopic (exact) mass is 225 g/mol. The molecule has 1 aromatic heterocycles. The van der Waals surface area contributed by atoms with Gasteiger partial charge >= 0.3 is 0 Å². The molecule has 0 fully saturated rings. The van der Waals surface area contributed by atoms with Crippen molar-refractivity contribution in [2.24, 2.45) is 5.73 Å². The van der Waals surface area contributed by atoms with E-state index >= 15 is 0 Å². The van der Waals surface area contributed by atoms with E-state index in [9.17, 15) is 4.79 Å². The molecular formula is C11H19N3O2. The lowest BCUT2D eigenvalue weighted by molar-refractivity contribution is -0.138. The maximum Gasteiger partial charge on any atom is 0.293 e. The van der Waals surface area contributed by atoms with Crippen LogP contribution in [0.2, 0.25) is 0 Å². The van der Waals surface area contributed by atoms with Gasteiger partial charge in [-0.2, -0.15) is 5.10 Å². The predicted molar refractivity (Wildman–Crippen MR) is 60.9 cm³/mol. The lowest BCUT2D eigenvalue weighted by Crippen LogP contribution is -2.19. The standard InChI is InChI=1S/C6H9N3.C5H10O2/c7-5-1-4-3-8-9-6(4)2-5;1-5(2,3)7-4-6/h3,5H,1-2,7H2,(H,8,9);4H,1-3H3. The highest BCUT2D eigenvalue weighted by Gasteiger charge is 2.18. The molecule has 1 aliphatic rings. The normalized spacial score (nSPS) is 18.4. The van der Waals surface area contributed by atoms with Crippen LogP contribution in [0.1, 0.15) is 32.0 Å². The second-order valence-corrected chi connectivity index (χ2v) is 4.87. The minimum atomic E-state index is -0.318. The van der Waals surface area contributed by atoms with Crippen LogP contribution < -0.4 is 5.73 Å². The number of aromatic amines is 1. The van der Waals surface area contributed by atoms with Crippen molar-refractivity contribution < 1.29 is 9.53 Å². The molecule has 0 spiro atoms. The van der Waals surface area contributed by atoms with Crippen LogP contribution in [0.15, 0.2) is 6.20 Å². The zero-order valence-electron chi connectivity index (χ0n) is 9.99. The molecule has 0 aromatic carbocycles. The SMILES string of the molecule is CC(C)(C)OC=O.NC1Cc2cn[nH]c2C1. The second-order valence-electron chi connectivity index (χ2n) is 4.87. The summed E-state index contributed by atoms with van der Waals surface area (Å²) in [5.74, 6) is 0. The largest absolute Gasteiger partial charge is 0.462 e. The number of hydrogen-bond donors (Lipinski definition) is 2. The maximum atomic E-state index is 9.60. The molecule has 0 amide bonds. The number of carbonyl (C=O) groups is 1. The van der Waals surface area contributed by atoms with Crippen molar-refractivity contribution in [3.8, 4) is 0 Å². The van der Waals surface area contributed by atoms with Gasteiger partial charge in [0.1, 0.15) is 5.60 Å². The first-order valence-corrected chi connectivity index (χ1v) is 5.30. The van der Waals surface area contributed by atoms with Gasteiger partial charge < -0.3 is 10.5 Å². The third-order valence-electron chi connectivity index (χ3n) is 2.16. The van der Waals surface area contributed by atoms with Crippen LogP contribution in [0, 0.1) is 0 Å². The Balaban J connectivity index is 0.000000168. The maximum absolute atomic E-state index is 9.60. The molecule has 1 aromatic rings. The van der Waals surface area contributed by atoms with Crippen LogP contribution in [0.4, 0.5) is 0 Å². The van der Waals surface area contributed by atoms with Gasteiger partial charge in [-0.25, -0.2) is 0 Å². The molecule has 1 heterocycles. The van der Waals surface area contributed by atoms with Crippen LogP contribution in [-0.2, 0) is 22.4 Å². The molecule has 5 nitrogen and oxygen atoms in total. The van der Waals surface area contributed by atoms with Gasteiger partial charge in [-0.15, -0.1) is 0 Å². The number of rotatable bonds is 1. The van der Waals surface area contributed by atoms with E-state index in [0.717, 1.165) is 12.8 Å². The number of ether oxygens (including phenoxy) is 1. The molecule has 1 unspecified atom stereocenters. The Kier molecular flexibility index (Phi) is 4.06. The Morgan fingerprint density at radius 2 is 2.25 bits per heavy atom. The number of nitrogens with two attached hydrogens (primary N) is 1. The molecule has 16 heavy (non-hydrogen) atoms. The number of nitrogens with zero attached hydrogens (tertiary/aromatic N) is 1. The van der Waals surface area contributed by atoms with Gasteiger partial charge in [-0.1, -0.05) is 0 Å². The number of H-pyrrole nitrogens is 1. The number of hydrogen-bond acceptors (Lipinski definition) is 4. The van der Waals surface area contributed by atoms with Gasteiger partial charge in [0.05, 0.1) is 6.20 Å². The van der Waals surface area contributed by atoms with Crippen LogP contribution >= 0.6 is 0 Å². The van der Waals surface area contributed by atoms with Crippen molar-refractivity contribution in [1.29, 1.82) is 0 Å². The Bertz CT molecular complexity index is 321. The first kappa shape index (κ1) is 12.7. The summed E-state index contributed by atoms with van der Waals surface area (Å²) in [6, 6.07) is 0.328. The van der Waals surface area contributed by atoms with Crippen molar-refractivity contribution in [3.63, 3.8) is 0 Å². The van der Waals surface area contributed by atoms with E-state index in [2.05, 4.69) is 14.9 Å². The van der Waals surface area contributed by atoms with E-state index in [-0.39, 0.29) is 5.60 Å². The summed E-state index contributed by atoms with van der Waals surface area (Å²) < 4.78 is 4.55. The highest BCUT2D eigenvalue weighted by molar-refractivity contribution is 5.37. The summed E-state index contributed by atoms with van der Waals surface area (Å²) >= 11 is 0. The van der Waals surface area contributed by atoms with Crippen LogP contribution in [0.3, 0.4) is 0 Å². The first-order valence-electron chi connectivity index (χ1n) is 5.30. The summed E-state index contributed by atoms with van der Waals surface area (Å²) in [6.45, 7) is 5.92. The van der Waals surface area contributed by atoms with E-state index in [4.69, 9.17) is 5.73 Å². The molecule has 3 N–H and O–H groups in total. The van der Waals surface area contributed by atoms with Crippen molar-refractivity contribution in [2.75, 3.05) is 0 Å². The van der Waals surface area contributed by atoms with Crippen molar-refractivity contribution in [1.82, 2.24) is 10.2 Å². The molecular weight excluding hydrogens is 206 g/mol. The van der Waals surface area contributed by atoms with Gasteiger partial charge in [0.2, 0.25) is 0 Å². The van der Waals surface area contributed by atoms with Crippen molar-refractivity contribution >= 4 is 6.47 Å². The Morgan fingerprint density at radius 1 is 1.56 bits per heavy atom. The third kappa shape index (κ3) is 4.02. The first-order chi connectivity index (χ1) is 7.42. The topological polar surface area (TPSA) is 81.0 Å². The van der Waals surface area contributed by atoms with Crippen LogP contribution in [0.5, 0.6) is 0 Å². The summed E-state index contributed by atoms with van der Waals surface area (Å²) in [6.07, 6.45) is 3.82. The molecule has 0 bridgehead atoms. The fourth-order valence-corrected chi connectivity index (χ4v) is 1.45. The molecule has 0 radical (unpaired) electrons. The van der Waals surface area contributed by atoms with Gasteiger partial charge in [-0.3, -0.25) is 9.89 Å². The molecule has 0 saturated heterocycles. The molecule has 1 aliphatic carbocycles. The van der Waals surface area contributed by atoms with E-state index in [1.165, 1.54) is 11.3 Å².